The molecule has 0 saturated heterocycles. The average molecular weight is 461 g/mol. The van der Waals surface area contributed by atoms with Crippen LogP contribution >= 0.6 is 11.6 Å². The van der Waals surface area contributed by atoms with E-state index in [-0.39, 0.29) is 28.9 Å². The molecule has 0 saturated carbocycles. The molecule has 2 aromatic carbocycles. The van der Waals surface area contributed by atoms with Gasteiger partial charge in [0.15, 0.2) is 0 Å². The summed E-state index contributed by atoms with van der Waals surface area (Å²) in [5.74, 6) is -0.496. The number of anilines is 2. The molecule has 0 bridgehead atoms. The second kappa shape index (κ2) is 7.75. The highest BCUT2D eigenvalue weighted by Gasteiger charge is 2.37. The van der Waals surface area contributed by atoms with Crippen LogP contribution in [0.1, 0.15) is 18.1 Å². The number of rotatable bonds is 4. The lowest BCUT2D eigenvalue weighted by Crippen LogP contribution is -2.16. The van der Waals surface area contributed by atoms with Crippen molar-refractivity contribution >= 4 is 38.9 Å². The number of sulfonamides is 1. The smallest absolute Gasteiger partial charge is 0.325 e. The zero-order chi connectivity index (χ0) is 22.2. The maximum absolute atomic E-state index is 12.9. The number of alkyl halides is 6. The van der Waals surface area contributed by atoms with E-state index in [1.807, 2.05) is 0 Å². The Bertz CT molecular complexity index is 1020. The van der Waals surface area contributed by atoms with Crippen molar-refractivity contribution in [1.82, 2.24) is 0 Å². The van der Waals surface area contributed by atoms with Gasteiger partial charge in [0.25, 0.3) is 10.0 Å². The van der Waals surface area contributed by atoms with Gasteiger partial charge in [-0.05, 0) is 36.4 Å². The van der Waals surface area contributed by atoms with E-state index in [9.17, 15) is 39.6 Å². The topological polar surface area (TPSA) is 75.3 Å². The fraction of sp³-hybridized carbons (Fsp3) is 0.188. The Balaban J connectivity index is 2.46. The molecule has 158 valence electrons. The second-order valence-corrected chi connectivity index (χ2v) is 7.81. The Hall–Kier alpha value is -2.47. The number of carbonyl (C=O) groups is 1. The lowest BCUT2D eigenvalue weighted by atomic mass is 10.1. The summed E-state index contributed by atoms with van der Waals surface area (Å²) in [4.78, 5) is 10.5. The first-order valence-corrected chi connectivity index (χ1v) is 9.35. The monoisotopic (exact) mass is 460 g/mol. The molecular weight excluding hydrogens is 450 g/mol. The first-order chi connectivity index (χ1) is 13.1. The molecule has 5 nitrogen and oxygen atoms in total. The summed E-state index contributed by atoms with van der Waals surface area (Å²) in [6.07, 6.45) is -10.3. The van der Waals surface area contributed by atoms with Crippen molar-refractivity contribution in [2.75, 3.05) is 10.0 Å². The van der Waals surface area contributed by atoms with E-state index in [2.05, 4.69) is 5.32 Å². The quantitative estimate of drug-likeness (QED) is 0.621. The second-order valence-electron chi connectivity index (χ2n) is 5.72. The van der Waals surface area contributed by atoms with Crippen molar-refractivity contribution in [3.63, 3.8) is 0 Å². The largest absolute Gasteiger partial charge is 0.416 e. The predicted octanol–water partition coefficient (Wildman–Crippen LogP) is 5.14. The molecule has 0 aromatic heterocycles. The first-order valence-electron chi connectivity index (χ1n) is 7.49. The summed E-state index contributed by atoms with van der Waals surface area (Å²) in [5, 5.41) is 2.11. The molecular formula is C16H11ClF6N2O3S. The van der Waals surface area contributed by atoms with Crippen molar-refractivity contribution in [2.24, 2.45) is 0 Å². The number of amides is 1. The fourth-order valence-electron chi connectivity index (χ4n) is 2.18. The number of nitrogens with one attached hydrogen (secondary N) is 2. The molecule has 2 N–H and O–H groups in total. The van der Waals surface area contributed by atoms with Crippen LogP contribution in [0.25, 0.3) is 0 Å². The molecule has 2 rings (SSSR count). The number of halogens is 7. The van der Waals surface area contributed by atoms with Gasteiger partial charge < -0.3 is 5.32 Å². The summed E-state index contributed by atoms with van der Waals surface area (Å²) in [6.45, 7) is 1.18. The van der Waals surface area contributed by atoms with Gasteiger partial charge in [-0.15, -0.1) is 0 Å². The predicted molar refractivity (Wildman–Crippen MR) is 93.0 cm³/mol. The number of hydrogen-bond acceptors (Lipinski definition) is 3. The van der Waals surface area contributed by atoms with Crippen LogP contribution in [0.3, 0.4) is 0 Å². The highest BCUT2D eigenvalue weighted by atomic mass is 35.5. The van der Waals surface area contributed by atoms with Crippen LogP contribution in [0.15, 0.2) is 41.3 Å². The standard InChI is InChI=1S/C16H11ClF6N2O3S/c1-8(26)24-14-3-2-12(7-13(14)17)29(27,28)25-11-5-9(15(18,19)20)4-10(6-11)16(21,22)23/h2-7,25H,1H3,(H,24,26). The van der Waals surface area contributed by atoms with Crippen molar-refractivity contribution in [2.45, 2.75) is 24.2 Å². The molecule has 1 amide bonds. The number of carbonyl (C=O) groups excluding carboxylic acids is 1. The van der Waals surface area contributed by atoms with E-state index in [0.717, 1.165) is 18.2 Å². The third-order valence-electron chi connectivity index (χ3n) is 3.40. The zero-order valence-electron chi connectivity index (χ0n) is 14.2. The molecule has 0 heterocycles. The molecule has 0 atom stereocenters. The van der Waals surface area contributed by atoms with Crippen LogP contribution in [0.2, 0.25) is 5.02 Å². The van der Waals surface area contributed by atoms with Crippen molar-refractivity contribution in [1.29, 1.82) is 0 Å². The molecule has 0 radical (unpaired) electrons. The van der Waals surface area contributed by atoms with Crippen LogP contribution in [-0.4, -0.2) is 14.3 Å². The third-order valence-corrected chi connectivity index (χ3v) is 5.09. The number of hydrogen-bond donors (Lipinski definition) is 2. The average Bonchev–Trinajstić information content (AvgIpc) is 2.54. The van der Waals surface area contributed by atoms with Gasteiger partial charge in [-0.3, -0.25) is 9.52 Å². The van der Waals surface area contributed by atoms with Gasteiger partial charge in [0.2, 0.25) is 5.91 Å². The van der Waals surface area contributed by atoms with Crippen LogP contribution in [0.5, 0.6) is 0 Å². The van der Waals surface area contributed by atoms with Crippen molar-refractivity contribution < 1.29 is 39.6 Å². The van der Waals surface area contributed by atoms with Gasteiger partial charge in [-0.1, -0.05) is 11.6 Å². The zero-order valence-corrected chi connectivity index (χ0v) is 15.8. The van der Waals surface area contributed by atoms with Crippen molar-refractivity contribution in [3.05, 3.63) is 52.5 Å². The van der Waals surface area contributed by atoms with Crippen LogP contribution in [0, 0.1) is 0 Å². The molecule has 29 heavy (non-hydrogen) atoms. The van der Waals surface area contributed by atoms with Crippen LogP contribution in [-0.2, 0) is 27.2 Å². The summed E-state index contributed by atoms with van der Waals surface area (Å²) in [7, 11) is -4.59. The SMILES string of the molecule is CC(=O)Nc1ccc(S(=O)(=O)Nc2cc(C(F)(F)F)cc(C(F)(F)F)c2)cc1Cl. The van der Waals surface area contributed by atoms with E-state index in [1.54, 1.807) is 4.72 Å². The van der Waals surface area contributed by atoms with E-state index in [1.165, 1.54) is 6.92 Å². The summed E-state index contributed by atoms with van der Waals surface area (Å²) >= 11 is 5.85. The highest BCUT2D eigenvalue weighted by molar-refractivity contribution is 7.92. The van der Waals surface area contributed by atoms with Gasteiger partial charge in [-0.2, -0.15) is 26.3 Å². The van der Waals surface area contributed by atoms with E-state index in [0.29, 0.717) is 0 Å². The minimum absolute atomic E-state index is 0.0662. The molecule has 0 spiro atoms. The lowest BCUT2D eigenvalue weighted by molar-refractivity contribution is -0.143. The molecule has 2 aromatic rings. The Morgan fingerprint density at radius 2 is 1.45 bits per heavy atom. The minimum Gasteiger partial charge on any atom is -0.325 e. The molecule has 0 fully saturated rings. The summed E-state index contributed by atoms with van der Waals surface area (Å²) in [6, 6.07) is 3.31. The van der Waals surface area contributed by atoms with Gasteiger partial charge in [0, 0.05) is 6.92 Å². The van der Waals surface area contributed by atoms with Crippen LogP contribution in [0.4, 0.5) is 37.7 Å². The van der Waals surface area contributed by atoms with Gasteiger partial charge in [0.1, 0.15) is 0 Å². The number of benzene rings is 2. The Morgan fingerprint density at radius 3 is 1.86 bits per heavy atom. The lowest BCUT2D eigenvalue weighted by Gasteiger charge is -2.16. The normalized spacial score (nSPS) is 12.6. The maximum Gasteiger partial charge on any atom is 0.416 e. The van der Waals surface area contributed by atoms with E-state index >= 15 is 0 Å². The molecule has 0 unspecified atom stereocenters. The summed E-state index contributed by atoms with van der Waals surface area (Å²) < 4.78 is 104. The fourth-order valence-corrected chi connectivity index (χ4v) is 3.54. The molecule has 0 aliphatic carbocycles. The van der Waals surface area contributed by atoms with Crippen LogP contribution < -0.4 is 10.0 Å². The van der Waals surface area contributed by atoms with E-state index in [4.69, 9.17) is 11.6 Å². The van der Waals surface area contributed by atoms with Gasteiger partial charge in [-0.25, -0.2) is 8.42 Å². The Morgan fingerprint density at radius 1 is 0.931 bits per heavy atom. The Kier molecular flexibility index (Phi) is 6.09. The van der Waals surface area contributed by atoms with Gasteiger partial charge >= 0.3 is 12.4 Å². The molecule has 13 heteroatoms. The molecule has 0 aliphatic rings. The maximum atomic E-state index is 12.9. The van der Waals surface area contributed by atoms with Gasteiger partial charge in [0.05, 0.1) is 32.4 Å². The van der Waals surface area contributed by atoms with Crippen molar-refractivity contribution in [3.8, 4) is 0 Å². The summed E-state index contributed by atoms with van der Waals surface area (Å²) in [5.41, 5.74) is -4.22. The first kappa shape index (κ1) is 22.8. The Labute approximate surface area is 165 Å². The minimum atomic E-state index is -5.13. The van der Waals surface area contributed by atoms with E-state index < -0.39 is 50.0 Å². The molecule has 0 aliphatic heterocycles. The highest BCUT2D eigenvalue weighted by Crippen LogP contribution is 2.38. The third kappa shape index (κ3) is 5.76.